The molecule has 5 heteroatoms. The van der Waals surface area contributed by atoms with E-state index in [1.165, 1.54) is 0 Å². The number of ketones is 2. The average molecular weight is 395 g/mol. The van der Waals surface area contributed by atoms with Crippen molar-refractivity contribution in [2.45, 2.75) is 83.0 Å². The van der Waals surface area contributed by atoms with Crippen molar-refractivity contribution in [3.05, 3.63) is 0 Å². The molecular formula is C22H31ClO4. The number of carbonyl (C=O) groups excluding carboxylic acids is 2. The third-order valence-corrected chi connectivity index (χ3v) is 10.2. The van der Waals surface area contributed by atoms with Gasteiger partial charge in [0.15, 0.2) is 5.78 Å². The second-order valence-corrected chi connectivity index (χ2v) is 10.9. The molecule has 5 fully saturated rings. The van der Waals surface area contributed by atoms with Crippen LogP contribution < -0.4 is 0 Å². The van der Waals surface area contributed by atoms with Crippen molar-refractivity contribution in [1.29, 1.82) is 0 Å². The van der Waals surface area contributed by atoms with Crippen molar-refractivity contribution >= 4 is 23.2 Å². The summed E-state index contributed by atoms with van der Waals surface area (Å²) in [5, 5.41) is 11.6. The molecule has 150 valence electrons. The lowest BCUT2D eigenvalue weighted by molar-refractivity contribution is -0.166. The Morgan fingerprint density at radius 2 is 2.00 bits per heavy atom. The summed E-state index contributed by atoms with van der Waals surface area (Å²) < 4.78 is 6.55. The molecule has 27 heavy (non-hydrogen) atoms. The lowest BCUT2D eigenvalue weighted by Gasteiger charge is -2.58. The summed E-state index contributed by atoms with van der Waals surface area (Å²) in [5.41, 5.74) is -1.91. The molecule has 1 heterocycles. The number of aliphatic hydroxyl groups is 1. The number of epoxide rings is 1. The fraction of sp³-hybridized carbons (Fsp3) is 0.909. The average Bonchev–Trinajstić information content (AvgIpc) is 3.31. The molecule has 4 nitrogen and oxygen atoms in total. The fourth-order valence-corrected chi connectivity index (χ4v) is 8.74. The van der Waals surface area contributed by atoms with Gasteiger partial charge in [0, 0.05) is 23.7 Å². The Bertz CT molecular complexity index is 723. The largest absolute Gasteiger partial charge is 0.381 e. The van der Waals surface area contributed by atoms with Crippen LogP contribution in [-0.2, 0) is 14.3 Å². The van der Waals surface area contributed by atoms with Crippen molar-refractivity contribution in [1.82, 2.24) is 0 Å². The Morgan fingerprint density at radius 1 is 1.26 bits per heavy atom. The van der Waals surface area contributed by atoms with Crippen LogP contribution in [0.3, 0.4) is 0 Å². The maximum Gasteiger partial charge on any atom is 0.179 e. The van der Waals surface area contributed by atoms with Crippen LogP contribution in [0.4, 0.5) is 0 Å². The second kappa shape index (κ2) is 5.37. The number of rotatable bonds is 2. The molecule has 1 spiro atoms. The highest BCUT2D eigenvalue weighted by atomic mass is 35.5. The summed E-state index contributed by atoms with van der Waals surface area (Å²) >= 11 is 5.92. The predicted octanol–water partition coefficient (Wildman–Crippen LogP) is 3.51. The summed E-state index contributed by atoms with van der Waals surface area (Å²) in [6.07, 6.45) is 6.10. The SMILES string of the molecule is C[C@H]1C[C@H]2[C@@H]3CC[C@H]4CC(=O)CC[C@]4(C)[C@]34OC4C[C@]2(C)[C@@]1(O)C(=O)CCl. The molecule has 0 aromatic heterocycles. The van der Waals surface area contributed by atoms with Gasteiger partial charge in [0.05, 0.1) is 12.0 Å². The smallest absolute Gasteiger partial charge is 0.179 e. The summed E-state index contributed by atoms with van der Waals surface area (Å²) in [4.78, 5) is 24.8. The second-order valence-electron chi connectivity index (χ2n) is 10.6. The van der Waals surface area contributed by atoms with Crippen LogP contribution in [0.2, 0.25) is 0 Å². The minimum atomic E-state index is -1.35. The molecule has 9 atom stereocenters. The van der Waals surface area contributed by atoms with Gasteiger partial charge in [-0.25, -0.2) is 0 Å². The molecular weight excluding hydrogens is 364 g/mol. The van der Waals surface area contributed by atoms with E-state index in [2.05, 4.69) is 13.8 Å². The molecule has 1 N–H and O–H groups in total. The number of halogens is 1. The van der Waals surface area contributed by atoms with E-state index >= 15 is 0 Å². The van der Waals surface area contributed by atoms with Gasteiger partial charge in [-0.3, -0.25) is 9.59 Å². The number of alkyl halides is 1. The first-order valence-electron chi connectivity index (χ1n) is 10.7. The Kier molecular flexibility index (Phi) is 3.69. The topological polar surface area (TPSA) is 66.9 Å². The molecule has 0 aromatic carbocycles. The number of Topliss-reactive ketones (excluding diaryl/α,β-unsaturated/α-hetero) is 2. The first-order valence-corrected chi connectivity index (χ1v) is 11.2. The van der Waals surface area contributed by atoms with Gasteiger partial charge in [0.2, 0.25) is 0 Å². The summed E-state index contributed by atoms with van der Waals surface area (Å²) in [6.45, 7) is 6.48. The van der Waals surface area contributed by atoms with Gasteiger partial charge in [0.1, 0.15) is 17.0 Å². The number of hydrogen-bond acceptors (Lipinski definition) is 4. The summed E-state index contributed by atoms with van der Waals surface area (Å²) in [5.74, 6) is 1.04. The van der Waals surface area contributed by atoms with Crippen LogP contribution in [-0.4, -0.2) is 39.9 Å². The quantitative estimate of drug-likeness (QED) is 0.574. The molecule has 0 bridgehead atoms. The number of carbonyl (C=O) groups is 2. The fourth-order valence-electron chi connectivity index (χ4n) is 8.54. The number of ether oxygens (including phenoxy) is 1. The molecule has 0 aromatic rings. The molecule has 5 aliphatic rings. The van der Waals surface area contributed by atoms with Gasteiger partial charge in [-0.1, -0.05) is 20.8 Å². The Hall–Kier alpha value is -0.450. The highest BCUT2D eigenvalue weighted by Crippen LogP contribution is 2.77. The zero-order valence-corrected chi connectivity index (χ0v) is 17.3. The highest BCUT2D eigenvalue weighted by Gasteiger charge is 2.82. The van der Waals surface area contributed by atoms with Gasteiger partial charge in [-0.2, -0.15) is 0 Å². The van der Waals surface area contributed by atoms with E-state index in [1.807, 2.05) is 6.92 Å². The highest BCUT2D eigenvalue weighted by molar-refractivity contribution is 6.29. The minimum Gasteiger partial charge on any atom is -0.381 e. The van der Waals surface area contributed by atoms with Crippen LogP contribution in [0.15, 0.2) is 0 Å². The molecule has 4 aliphatic carbocycles. The normalized spacial score (nSPS) is 58.7. The van der Waals surface area contributed by atoms with Crippen molar-refractivity contribution in [3.8, 4) is 0 Å². The molecule has 1 aliphatic heterocycles. The molecule has 1 saturated heterocycles. The zero-order chi connectivity index (χ0) is 19.4. The first kappa shape index (κ1) is 18.6. The lowest BCUT2D eigenvalue weighted by atomic mass is 9.44. The van der Waals surface area contributed by atoms with Crippen molar-refractivity contribution in [2.75, 3.05) is 5.88 Å². The summed E-state index contributed by atoms with van der Waals surface area (Å²) in [7, 11) is 0. The standard InChI is InChI=1S/C22H31ClO4/c1-12-8-16-15-5-4-13-9-14(24)6-7-19(13,2)22(15)18(27-22)10-20(16,3)21(12,26)17(25)11-23/h12-13,15-16,18,26H,4-11H2,1-3H3/t12-,13-,15-,16-,18?,19-,20-,21-,22-/m0/s1. The van der Waals surface area contributed by atoms with E-state index in [0.717, 1.165) is 32.1 Å². The Morgan fingerprint density at radius 3 is 2.70 bits per heavy atom. The van der Waals surface area contributed by atoms with Crippen molar-refractivity contribution < 1.29 is 19.4 Å². The third kappa shape index (κ3) is 1.89. The third-order valence-electron chi connectivity index (χ3n) is 9.98. The Balaban J connectivity index is 1.56. The van der Waals surface area contributed by atoms with Crippen LogP contribution in [0.5, 0.6) is 0 Å². The van der Waals surface area contributed by atoms with Crippen LogP contribution >= 0.6 is 11.6 Å². The van der Waals surface area contributed by atoms with E-state index in [4.69, 9.17) is 16.3 Å². The van der Waals surface area contributed by atoms with Gasteiger partial charge < -0.3 is 9.84 Å². The van der Waals surface area contributed by atoms with E-state index in [1.54, 1.807) is 0 Å². The van der Waals surface area contributed by atoms with Gasteiger partial charge >= 0.3 is 0 Å². The van der Waals surface area contributed by atoms with Gasteiger partial charge in [0.25, 0.3) is 0 Å². The van der Waals surface area contributed by atoms with Crippen LogP contribution in [0, 0.1) is 34.5 Å². The van der Waals surface area contributed by atoms with E-state index in [-0.39, 0.29) is 40.6 Å². The predicted molar refractivity (Wildman–Crippen MR) is 101 cm³/mol. The van der Waals surface area contributed by atoms with E-state index in [9.17, 15) is 14.7 Å². The molecule has 0 amide bonds. The zero-order valence-electron chi connectivity index (χ0n) is 16.6. The van der Waals surface area contributed by atoms with Crippen LogP contribution in [0.1, 0.15) is 65.7 Å². The van der Waals surface area contributed by atoms with Gasteiger partial charge in [-0.15, -0.1) is 11.6 Å². The van der Waals surface area contributed by atoms with Gasteiger partial charge in [-0.05, 0) is 55.8 Å². The monoisotopic (exact) mass is 394 g/mol. The van der Waals surface area contributed by atoms with Crippen molar-refractivity contribution in [2.24, 2.45) is 34.5 Å². The molecule has 0 radical (unpaired) electrons. The minimum absolute atomic E-state index is 0.0518. The molecule has 1 unspecified atom stereocenters. The first-order chi connectivity index (χ1) is 12.6. The van der Waals surface area contributed by atoms with E-state index < -0.39 is 11.0 Å². The Labute approximate surface area is 166 Å². The van der Waals surface area contributed by atoms with Crippen molar-refractivity contribution in [3.63, 3.8) is 0 Å². The maximum absolute atomic E-state index is 12.8. The number of hydrogen-bond donors (Lipinski definition) is 1. The molecule has 4 saturated carbocycles. The molecule has 5 rings (SSSR count). The maximum atomic E-state index is 12.8. The van der Waals surface area contributed by atoms with Crippen LogP contribution in [0.25, 0.3) is 0 Å². The summed E-state index contributed by atoms with van der Waals surface area (Å²) in [6, 6.07) is 0. The van der Waals surface area contributed by atoms with E-state index in [0.29, 0.717) is 30.5 Å². The lowest BCUT2D eigenvalue weighted by Crippen LogP contribution is -2.63. The number of fused-ring (bicyclic) bond motifs is 3.